The van der Waals surface area contributed by atoms with Crippen LogP contribution in [0.3, 0.4) is 0 Å². The van der Waals surface area contributed by atoms with E-state index < -0.39 is 0 Å². The van der Waals surface area contributed by atoms with Crippen molar-refractivity contribution >= 4 is 23.5 Å². The largest absolute Gasteiger partial charge is 0.328 e. The van der Waals surface area contributed by atoms with Crippen LogP contribution in [0, 0.1) is 0 Å². The lowest BCUT2D eigenvalue weighted by Crippen LogP contribution is -2.27. The Hall–Kier alpha value is -2.08. The number of Topliss-reactive ketones (excluding diaryl/α,β-unsaturated/α-hetero) is 1. The molecule has 1 unspecified atom stereocenters. The van der Waals surface area contributed by atoms with Gasteiger partial charge in [0, 0.05) is 17.0 Å². The predicted octanol–water partition coefficient (Wildman–Crippen LogP) is 3.66. The Morgan fingerprint density at radius 2 is 2.09 bits per heavy atom. The number of allylic oxidation sites excluding steroid dienone is 2. The van der Waals surface area contributed by atoms with E-state index in [9.17, 15) is 4.79 Å². The van der Waals surface area contributed by atoms with E-state index in [0.29, 0.717) is 5.95 Å². The summed E-state index contributed by atoms with van der Waals surface area (Å²) in [5.74, 6) is 1.72. The van der Waals surface area contributed by atoms with E-state index in [1.807, 2.05) is 41.9 Å². The third kappa shape index (κ3) is 3.03. The van der Waals surface area contributed by atoms with E-state index in [1.54, 1.807) is 18.7 Å². The zero-order chi connectivity index (χ0) is 16.4. The van der Waals surface area contributed by atoms with Crippen LogP contribution in [0.15, 0.2) is 46.8 Å². The fraction of sp³-hybridized carbons (Fsp3) is 0.353. The molecule has 0 fully saturated rings. The molecule has 2 aromatic rings. The van der Waals surface area contributed by atoms with Crippen LogP contribution in [0.5, 0.6) is 0 Å². The van der Waals surface area contributed by atoms with Gasteiger partial charge in [0.2, 0.25) is 11.1 Å². The minimum absolute atomic E-state index is 0.0489. The molecule has 0 radical (unpaired) electrons. The highest BCUT2D eigenvalue weighted by Gasteiger charge is 2.32. The zero-order valence-corrected chi connectivity index (χ0v) is 14.4. The van der Waals surface area contributed by atoms with Gasteiger partial charge in [-0.15, -0.1) is 5.10 Å². The molecular weight excluding hydrogens is 308 g/mol. The maximum atomic E-state index is 12.2. The molecule has 1 aliphatic rings. The van der Waals surface area contributed by atoms with Gasteiger partial charge in [0.05, 0.1) is 0 Å². The number of anilines is 1. The maximum absolute atomic E-state index is 12.2. The molecule has 1 N–H and O–H groups in total. The van der Waals surface area contributed by atoms with E-state index in [-0.39, 0.29) is 11.8 Å². The Kier molecular flexibility index (Phi) is 4.52. The minimum atomic E-state index is -0.228. The highest BCUT2D eigenvalue weighted by molar-refractivity contribution is 7.99. The number of aromatic nitrogens is 3. The van der Waals surface area contributed by atoms with E-state index in [4.69, 9.17) is 0 Å². The first-order chi connectivity index (χ1) is 11.1. The first-order valence-corrected chi connectivity index (χ1v) is 8.73. The van der Waals surface area contributed by atoms with Gasteiger partial charge in [-0.2, -0.15) is 4.98 Å². The van der Waals surface area contributed by atoms with Crippen LogP contribution in [0.25, 0.3) is 0 Å². The number of fused-ring (bicyclic) bond motifs is 1. The highest BCUT2D eigenvalue weighted by Crippen LogP contribution is 2.36. The molecule has 0 bridgehead atoms. The highest BCUT2D eigenvalue weighted by atomic mass is 32.2. The summed E-state index contributed by atoms with van der Waals surface area (Å²) in [5, 5.41) is 8.60. The Bertz CT molecular complexity index is 751. The molecule has 5 nitrogen and oxygen atoms in total. The molecule has 0 aliphatic carbocycles. The van der Waals surface area contributed by atoms with Gasteiger partial charge in [0.1, 0.15) is 6.04 Å². The fourth-order valence-corrected chi connectivity index (χ4v) is 3.47. The number of nitrogens with zero attached hydrogens (tertiary/aromatic N) is 3. The van der Waals surface area contributed by atoms with Crippen molar-refractivity contribution in [2.24, 2.45) is 0 Å². The van der Waals surface area contributed by atoms with Crippen molar-refractivity contribution in [2.45, 2.75) is 38.4 Å². The van der Waals surface area contributed by atoms with Gasteiger partial charge < -0.3 is 5.32 Å². The van der Waals surface area contributed by atoms with Crippen LogP contribution in [-0.4, -0.2) is 26.3 Å². The second-order valence-electron chi connectivity index (χ2n) is 5.54. The quantitative estimate of drug-likeness (QED) is 0.849. The Balaban J connectivity index is 2.09. The van der Waals surface area contributed by atoms with Crippen molar-refractivity contribution in [3.05, 3.63) is 47.2 Å². The smallest absolute Gasteiger partial charge is 0.227 e. The molecule has 1 aromatic carbocycles. The number of benzene rings is 1. The van der Waals surface area contributed by atoms with Gasteiger partial charge >= 0.3 is 0 Å². The number of carbonyl (C=O) groups excluding carboxylic acids is 1. The molecular formula is C17H20N4OS. The van der Waals surface area contributed by atoms with Crippen molar-refractivity contribution < 1.29 is 4.79 Å². The summed E-state index contributed by atoms with van der Waals surface area (Å²) >= 11 is 1.64. The molecule has 3 rings (SSSR count). The fourth-order valence-electron chi connectivity index (χ4n) is 2.79. The summed E-state index contributed by atoms with van der Waals surface area (Å²) in [7, 11) is 0. The molecule has 1 aromatic heterocycles. The number of carbonyl (C=O) groups is 1. The number of nitrogens with one attached hydrogen (secondary N) is 1. The molecule has 1 aliphatic heterocycles. The first-order valence-electron chi connectivity index (χ1n) is 7.74. The van der Waals surface area contributed by atoms with Crippen LogP contribution in [0.2, 0.25) is 0 Å². The molecule has 6 heteroatoms. The topological polar surface area (TPSA) is 59.8 Å². The van der Waals surface area contributed by atoms with Gasteiger partial charge in [0.25, 0.3) is 0 Å². The summed E-state index contributed by atoms with van der Waals surface area (Å²) in [4.78, 5) is 16.8. The van der Waals surface area contributed by atoms with Crippen molar-refractivity contribution in [1.29, 1.82) is 0 Å². The van der Waals surface area contributed by atoms with Gasteiger partial charge in [0.15, 0.2) is 5.78 Å². The van der Waals surface area contributed by atoms with Gasteiger partial charge in [-0.25, -0.2) is 4.68 Å². The zero-order valence-electron chi connectivity index (χ0n) is 13.5. The lowest BCUT2D eigenvalue weighted by atomic mass is 9.93. The first kappa shape index (κ1) is 15.8. The molecule has 120 valence electrons. The van der Waals surface area contributed by atoms with Crippen molar-refractivity contribution in [2.75, 3.05) is 11.1 Å². The Morgan fingerprint density at radius 3 is 2.74 bits per heavy atom. The van der Waals surface area contributed by atoms with Crippen LogP contribution in [-0.2, 0) is 4.79 Å². The summed E-state index contributed by atoms with van der Waals surface area (Å²) in [5.41, 5.74) is 2.62. The average Bonchev–Trinajstić information content (AvgIpc) is 2.94. The summed E-state index contributed by atoms with van der Waals surface area (Å²) in [6, 6.07) is 9.75. The van der Waals surface area contributed by atoms with Gasteiger partial charge in [-0.05, 0) is 25.8 Å². The van der Waals surface area contributed by atoms with E-state index in [2.05, 4.69) is 22.3 Å². The number of thioether (sulfide) groups is 1. The second-order valence-corrected chi connectivity index (χ2v) is 6.61. The van der Waals surface area contributed by atoms with E-state index in [1.165, 1.54) is 0 Å². The van der Waals surface area contributed by atoms with Crippen LogP contribution in [0.1, 0.15) is 38.8 Å². The van der Waals surface area contributed by atoms with Crippen LogP contribution >= 0.6 is 11.8 Å². The number of ketones is 1. The third-order valence-corrected chi connectivity index (χ3v) is 4.81. The molecule has 0 saturated carbocycles. The predicted molar refractivity (Wildman–Crippen MR) is 92.6 cm³/mol. The van der Waals surface area contributed by atoms with E-state index >= 15 is 0 Å². The third-order valence-electron chi connectivity index (χ3n) is 3.76. The number of rotatable bonds is 5. The Morgan fingerprint density at radius 1 is 1.35 bits per heavy atom. The number of hydrogen-bond donors (Lipinski definition) is 1. The SMILES string of the molecule is CCCSc1nc2n(n1)C(c1ccccc1)C(C(C)=O)=C(C)N2. The lowest BCUT2D eigenvalue weighted by Gasteiger charge is -2.27. The van der Waals surface area contributed by atoms with Crippen molar-refractivity contribution in [1.82, 2.24) is 14.8 Å². The molecule has 0 spiro atoms. The van der Waals surface area contributed by atoms with Crippen LogP contribution in [0.4, 0.5) is 5.95 Å². The van der Waals surface area contributed by atoms with E-state index in [0.717, 1.165) is 34.2 Å². The van der Waals surface area contributed by atoms with Gasteiger partial charge in [-0.3, -0.25) is 4.79 Å². The normalized spacial score (nSPS) is 16.9. The van der Waals surface area contributed by atoms with Crippen LogP contribution < -0.4 is 5.32 Å². The van der Waals surface area contributed by atoms with Crippen molar-refractivity contribution in [3.8, 4) is 0 Å². The van der Waals surface area contributed by atoms with Crippen molar-refractivity contribution in [3.63, 3.8) is 0 Å². The lowest BCUT2D eigenvalue weighted by molar-refractivity contribution is -0.114. The molecule has 0 saturated heterocycles. The Labute approximate surface area is 140 Å². The monoisotopic (exact) mass is 328 g/mol. The summed E-state index contributed by atoms with van der Waals surface area (Å²) < 4.78 is 1.83. The minimum Gasteiger partial charge on any atom is -0.328 e. The maximum Gasteiger partial charge on any atom is 0.227 e. The molecule has 2 heterocycles. The second kappa shape index (κ2) is 6.58. The molecule has 23 heavy (non-hydrogen) atoms. The summed E-state index contributed by atoms with van der Waals surface area (Å²) in [6.45, 7) is 5.66. The summed E-state index contributed by atoms with van der Waals surface area (Å²) in [6.07, 6.45) is 1.07. The average molecular weight is 328 g/mol. The molecule has 1 atom stereocenters. The molecule has 0 amide bonds. The number of hydrogen-bond acceptors (Lipinski definition) is 5. The van der Waals surface area contributed by atoms with Gasteiger partial charge in [-0.1, -0.05) is 49.0 Å². The standard InChI is InChI=1S/C17H20N4OS/c1-4-10-23-17-19-16-18-11(2)14(12(3)22)15(21(16)20-17)13-8-6-5-7-9-13/h5-9,15H,4,10H2,1-3H3,(H,18,19,20).